The molecule has 0 spiro atoms. The Kier molecular flexibility index (Phi) is 3.10. The van der Waals surface area contributed by atoms with Crippen LogP contribution in [-0.4, -0.2) is 34.6 Å². The average Bonchev–Trinajstić information content (AvgIpc) is 2.95. The molecule has 1 atom stereocenters. The number of H-pyrrole nitrogens is 1. The van der Waals surface area contributed by atoms with Gasteiger partial charge in [0.05, 0.1) is 23.1 Å². The fourth-order valence-electron chi connectivity index (χ4n) is 2.21. The Bertz CT molecular complexity index is 673. The summed E-state index contributed by atoms with van der Waals surface area (Å²) < 4.78 is 26.1. The van der Waals surface area contributed by atoms with E-state index >= 15 is 0 Å². The highest BCUT2D eigenvalue weighted by Crippen LogP contribution is 2.28. The zero-order valence-electron chi connectivity index (χ0n) is 10.2. The molecular formula is C12H11ClF2N4O. The molecule has 1 aromatic heterocycles. The van der Waals surface area contributed by atoms with E-state index in [1.165, 1.54) is 0 Å². The summed E-state index contributed by atoms with van der Waals surface area (Å²) in [6.07, 6.45) is -0.512. The van der Waals surface area contributed by atoms with Crippen molar-refractivity contribution in [3.8, 4) is 0 Å². The fraction of sp³-hybridized carbons (Fsp3) is 0.333. The van der Waals surface area contributed by atoms with Crippen LogP contribution in [0.2, 0.25) is 5.02 Å². The molecule has 0 radical (unpaired) electrons. The number of aromatic amines is 1. The van der Waals surface area contributed by atoms with Gasteiger partial charge >= 0.3 is 0 Å². The lowest BCUT2D eigenvalue weighted by atomic mass is 10.2. The number of carbonyl (C=O) groups excluding carboxylic acids is 1. The second-order valence-corrected chi connectivity index (χ2v) is 5.12. The molecule has 106 valence electrons. The van der Waals surface area contributed by atoms with E-state index in [-0.39, 0.29) is 5.82 Å². The van der Waals surface area contributed by atoms with Crippen LogP contribution in [0.25, 0.3) is 10.9 Å². The number of rotatable bonds is 2. The molecule has 3 N–H and O–H groups in total. The molecule has 0 aliphatic carbocycles. The van der Waals surface area contributed by atoms with Gasteiger partial charge in [-0.05, 0) is 12.1 Å². The highest BCUT2D eigenvalue weighted by molar-refractivity contribution is 6.35. The molecule has 2 aromatic rings. The van der Waals surface area contributed by atoms with Crippen LogP contribution < -0.4 is 10.6 Å². The summed E-state index contributed by atoms with van der Waals surface area (Å²) in [5.41, 5.74) is 0.592. The van der Waals surface area contributed by atoms with Crippen molar-refractivity contribution in [1.82, 2.24) is 15.5 Å². The van der Waals surface area contributed by atoms with E-state index in [4.69, 9.17) is 11.6 Å². The summed E-state index contributed by atoms with van der Waals surface area (Å²) in [7, 11) is 0. The number of aromatic nitrogens is 2. The van der Waals surface area contributed by atoms with Crippen LogP contribution in [0.1, 0.15) is 6.42 Å². The monoisotopic (exact) mass is 300 g/mol. The van der Waals surface area contributed by atoms with Crippen LogP contribution >= 0.6 is 11.6 Å². The Labute approximate surface area is 117 Å². The number of hydrogen-bond donors (Lipinski definition) is 3. The van der Waals surface area contributed by atoms with E-state index in [1.807, 2.05) is 0 Å². The number of halogens is 3. The van der Waals surface area contributed by atoms with Crippen LogP contribution in [0.5, 0.6) is 0 Å². The van der Waals surface area contributed by atoms with Crippen LogP contribution in [-0.2, 0) is 4.79 Å². The molecule has 0 bridgehead atoms. The summed E-state index contributed by atoms with van der Waals surface area (Å²) in [6.45, 7) is -0.488. The Morgan fingerprint density at radius 2 is 2.30 bits per heavy atom. The Balaban J connectivity index is 1.80. The highest BCUT2D eigenvalue weighted by atomic mass is 35.5. The normalized spacial score (nSPS) is 21.2. The average molecular weight is 301 g/mol. The predicted molar refractivity (Wildman–Crippen MR) is 71.1 cm³/mol. The van der Waals surface area contributed by atoms with E-state index < -0.39 is 30.8 Å². The van der Waals surface area contributed by atoms with Gasteiger partial charge in [0, 0.05) is 11.8 Å². The molecule has 1 aliphatic heterocycles. The zero-order chi connectivity index (χ0) is 14.3. The lowest BCUT2D eigenvalue weighted by Gasteiger charge is -2.09. The van der Waals surface area contributed by atoms with Gasteiger partial charge in [-0.2, -0.15) is 5.10 Å². The third-order valence-corrected chi connectivity index (χ3v) is 3.53. The van der Waals surface area contributed by atoms with E-state index in [1.54, 1.807) is 18.2 Å². The molecule has 1 unspecified atom stereocenters. The summed E-state index contributed by atoms with van der Waals surface area (Å²) in [4.78, 5) is 11.9. The van der Waals surface area contributed by atoms with Gasteiger partial charge in [-0.1, -0.05) is 17.7 Å². The van der Waals surface area contributed by atoms with Gasteiger partial charge in [0.15, 0.2) is 5.82 Å². The molecule has 2 heterocycles. The van der Waals surface area contributed by atoms with Gasteiger partial charge in [0.2, 0.25) is 5.91 Å². The van der Waals surface area contributed by atoms with Crippen molar-refractivity contribution >= 4 is 34.2 Å². The van der Waals surface area contributed by atoms with Crippen LogP contribution in [0.3, 0.4) is 0 Å². The molecule has 20 heavy (non-hydrogen) atoms. The summed E-state index contributed by atoms with van der Waals surface area (Å²) >= 11 is 5.98. The number of para-hydroxylation sites is 1. The zero-order valence-corrected chi connectivity index (χ0v) is 11.0. The molecule has 3 rings (SSSR count). The summed E-state index contributed by atoms with van der Waals surface area (Å²) in [6, 6.07) is 4.22. The minimum Gasteiger partial charge on any atom is -0.307 e. The smallest absolute Gasteiger partial charge is 0.262 e. The van der Waals surface area contributed by atoms with Crippen molar-refractivity contribution in [2.75, 3.05) is 11.9 Å². The maximum Gasteiger partial charge on any atom is 0.262 e. The third-order valence-electron chi connectivity index (χ3n) is 3.22. The summed E-state index contributed by atoms with van der Waals surface area (Å²) in [5.74, 6) is -3.10. The van der Waals surface area contributed by atoms with Crippen molar-refractivity contribution in [2.45, 2.75) is 18.4 Å². The van der Waals surface area contributed by atoms with E-state index in [2.05, 4.69) is 20.8 Å². The first kappa shape index (κ1) is 13.3. The Morgan fingerprint density at radius 3 is 3.00 bits per heavy atom. The van der Waals surface area contributed by atoms with Gasteiger partial charge in [0.1, 0.15) is 0 Å². The lowest BCUT2D eigenvalue weighted by molar-refractivity contribution is -0.118. The molecule has 1 fully saturated rings. The standard InChI is InChI=1S/C12H11ClF2N4O/c13-7-3-1-2-6-9(7)18-19-10(6)17-11(20)8-4-12(14,15)5-16-8/h1-3,8,16H,4-5H2,(H2,17,18,19,20). The van der Waals surface area contributed by atoms with E-state index in [9.17, 15) is 13.6 Å². The largest absolute Gasteiger partial charge is 0.307 e. The minimum absolute atomic E-state index is 0.282. The number of anilines is 1. The predicted octanol–water partition coefficient (Wildman–Crippen LogP) is 2.15. The molecule has 0 saturated carbocycles. The molecule has 5 nitrogen and oxygen atoms in total. The first-order valence-electron chi connectivity index (χ1n) is 6.01. The van der Waals surface area contributed by atoms with E-state index in [0.717, 1.165) is 0 Å². The van der Waals surface area contributed by atoms with Crippen LogP contribution in [0.4, 0.5) is 14.6 Å². The van der Waals surface area contributed by atoms with Gasteiger partial charge in [0.25, 0.3) is 5.92 Å². The lowest BCUT2D eigenvalue weighted by Crippen LogP contribution is -2.35. The molecule has 1 aromatic carbocycles. The van der Waals surface area contributed by atoms with Gasteiger partial charge in [-0.15, -0.1) is 0 Å². The van der Waals surface area contributed by atoms with Crippen molar-refractivity contribution < 1.29 is 13.6 Å². The number of fused-ring (bicyclic) bond motifs is 1. The third kappa shape index (κ3) is 2.34. The molecule has 8 heteroatoms. The minimum atomic E-state index is -2.85. The van der Waals surface area contributed by atoms with Gasteiger partial charge in [-0.3, -0.25) is 15.2 Å². The van der Waals surface area contributed by atoms with Gasteiger partial charge in [-0.25, -0.2) is 8.78 Å². The second-order valence-electron chi connectivity index (χ2n) is 4.72. The number of hydrogen-bond acceptors (Lipinski definition) is 3. The first-order valence-corrected chi connectivity index (χ1v) is 6.39. The van der Waals surface area contributed by atoms with Crippen LogP contribution in [0.15, 0.2) is 18.2 Å². The van der Waals surface area contributed by atoms with Crippen molar-refractivity contribution in [3.63, 3.8) is 0 Å². The second kappa shape index (κ2) is 4.68. The number of benzene rings is 1. The number of carbonyl (C=O) groups is 1. The fourth-order valence-corrected chi connectivity index (χ4v) is 2.42. The maximum absolute atomic E-state index is 13.1. The number of nitrogens with one attached hydrogen (secondary N) is 3. The van der Waals surface area contributed by atoms with Crippen LogP contribution in [0, 0.1) is 0 Å². The Hall–Kier alpha value is -1.73. The van der Waals surface area contributed by atoms with Gasteiger partial charge < -0.3 is 5.32 Å². The molecular weight excluding hydrogens is 290 g/mol. The number of amides is 1. The summed E-state index contributed by atoms with van der Waals surface area (Å²) in [5, 5.41) is 12.8. The maximum atomic E-state index is 13.1. The Morgan fingerprint density at radius 1 is 1.50 bits per heavy atom. The van der Waals surface area contributed by atoms with E-state index in [0.29, 0.717) is 15.9 Å². The topological polar surface area (TPSA) is 69.8 Å². The molecule has 1 aliphatic rings. The van der Waals surface area contributed by atoms with Crippen molar-refractivity contribution in [1.29, 1.82) is 0 Å². The van der Waals surface area contributed by atoms with Crippen molar-refractivity contribution in [2.24, 2.45) is 0 Å². The number of nitrogens with zero attached hydrogens (tertiary/aromatic N) is 1. The number of alkyl halides is 2. The SMILES string of the molecule is O=C(Nc1n[nH]c2c(Cl)cccc12)C1CC(F)(F)CN1. The first-order chi connectivity index (χ1) is 9.46. The molecule has 1 amide bonds. The molecule has 1 saturated heterocycles. The van der Waals surface area contributed by atoms with Crippen molar-refractivity contribution in [3.05, 3.63) is 23.2 Å². The highest BCUT2D eigenvalue weighted by Gasteiger charge is 2.42. The quantitative estimate of drug-likeness (QED) is 0.796.